The Bertz CT molecular complexity index is 399. The van der Waals surface area contributed by atoms with Crippen LogP contribution in [0.5, 0.6) is 0 Å². The number of carbonyl (C=O) groups excluding carboxylic acids is 1. The van der Waals surface area contributed by atoms with Crippen LogP contribution >= 0.6 is 22.6 Å². The fraction of sp³-hybridized carbons (Fsp3) is 0.500. The second-order valence-corrected chi connectivity index (χ2v) is 6.02. The van der Waals surface area contributed by atoms with Gasteiger partial charge in [0.15, 0.2) is 0 Å². The van der Waals surface area contributed by atoms with Gasteiger partial charge in [-0.25, -0.2) is 0 Å². The van der Waals surface area contributed by atoms with Crippen molar-refractivity contribution in [1.82, 2.24) is 4.90 Å². The molecule has 0 spiro atoms. The third kappa shape index (κ3) is 3.68. The number of rotatable bonds is 3. The van der Waals surface area contributed by atoms with Crippen molar-refractivity contribution in [3.8, 4) is 0 Å². The zero-order valence-corrected chi connectivity index (χ0v) is 12.7. The zero-order valence-electron chi connectivity index (χ0n) is 10.6. The molecule has 4 heteroatoms. The number of halogens is 1. The van der Waals surface area contributed by atoms with Gasteiger partial charge >= 0.3 is 0 Å². The maximum Gasteiger partial charge on any atom is 0.253 e. The van der Waals surface area contributed by atoms with E-state index in [4.69, 9.17) is 4.74 Å². The van der Waals surface area contributed by atoms with Crippen molar-refractivity contribution < 1.29 is 9.53 Å². The normalized spacial score (nSPS) is 19.6. The van der Waals surface area contributed by atoms with Crippen molar-refractivity contribution in [2.75, 3.05) is 26.8 Å². The summed E-state index contributed by atoms with van der Waals surface area (Å²) in [6.45, 7) is 2.43. The Morgan fingerprint density at radius 1 is 1.44 bits per heavy atom. The summed E-state index contributed by atoms with van der Waals surface area (Å²) in [7, 11) is 1.87. The second-order valence-electron chi connectivity index (χ2n) is 4.78. The van der Waals surface area contributed by atoms with Crippen molar-refractivity contribution in [3.05, 3.63) is 33.4 Å². The van der Waals surface area contributed by atoms with E-state index in [0.717, 1.165) is 41.7 Å². The molecule has 0 aromatic heterocycles. The van der Waals surface area contributed by atoms with E-state index in [1.165, 1.54) is 0 Å². The van der Waals surface area contributed by atoms with E-state index in [0.29, 0.717) is 5.92 Å². The van der Waals surface area contributed by atoms with Gasteiger partial charge in [-0.3, -0.25) is 4.79 Å². The molecular weight excluding hydrogens is 341 g/mol. The summed E-state index contributed by atoms with van der Waals surface area (Å²) < 4.78 is 6.59. The summed E-state index contributed by atoms with van der Waals surface area (Å²) in [4.78, 5) is 14.0. The molecule has 98 valence electrons. The van der Waals surface area contributed by atoms with Gasteiger partial charge in [0, 0.05) is 29.3 Å². The van der Waals surface area contributed by atoms with Gasteiger partial charge in [-0.2, -0.15) is 0 Å². The van der Waals surface area contributed by atoms with Gasteiger partial charge in [-0.15, -0.1) is 0 Å². The Balaban J connectivity index is 1.93. The maximum atomic E-state index is 12.2. The average molecular weight is 359 g/mol. The lowest BCUT2D eigenvalue weighted by Crippen LogP contribution is -2.35. The van der Waals surface area contributed by atoms with Crippen LogP contribution in [0.25, 0.3) is 0 Å². The summed E-state index contributed by atoms with van der Waals surface area (Å²) in [5, 5.41) is 0. The van der Waals surface area contributed by atoms with Crippen LogP contribution in [0, 0.1) is 9.49 Å². The van der Waals surface area contributed by atoms with Crippen LogP contribution in [-0.4, -0.2) is 37.6 Å². The first-order valence-corrected chi connectivity index (χ1v) is 7.33. The summed E-state index contributed by atoms with van der Waals surface area (Å²) in [5.74, 6) is 0.577. The lowest BCUT2D eigenvalue weighted by molar-refractivity contribution is 0.0388. The minimum atomic E-state index is 0.0944. The molecule has 1 aliphatic heterocycles. The number of hydrogen-bond donors (Lipinski definition) is 0. The number of amides is 1. The van der Waals surface area contributed by atoms with E-state index in [2.05, 4.69) is 22.6 Å². The third-order valence-electron chi connectivity index (χ3n) is 3.22. The van der Waals surface area contributed by atoms with Gasteiger partial charge in [0.05, 0.1) is 6.61 Å². The minimum absolute atomic E-state index is 0.0944. The summed E-state index contributed by atoms with van der Waals surface area (Å²) in [6, 6.07) is 7.70. The predicted octanol–water partition coefficient (Wildman–Crippen LogP) is 2.79. The van der Waals surface area contributed by atoms with Crippen LogP contribution in [0.1, 0.15) is 23.2 Å². The van der Waals surface area contributed by atoms with Crippen LogP contribution < -0.4 is 0 Å². The Morgan fingerprint density at radius 2 is 2.17 bits per heavy atom. The van der Waals surface area contributed by atoms with Gasteiger partial charge in [-0.05, 0) is 65.6 Å². The quantitative estimate of drug-likeness (QED) is 0.777. The highest BCUT2D eigenvalue weighted by molar-refractivity contribution is 14.1. The molecule has 0 bridgehead atoms. The zero-order chi connectivity index (χ0) is 13.0. The highest BCUT2D eigenvalue weighted by Crippen LogP contribution is 2.16. The fourth-order valence-corrected chi connectivity index (χ4v) is 2.59. The monoisotopic (exact) mass is 359 g/mol. The smallest absolute Gasteiger partial charge is 0.253 e. The first kappa shape index (κ1) is 13.8. The van der Waals surface area contributed by atoms with Crippen molar-refractivity contribution in [2.24, 2.45) is 5.92 Å². The van der Waals surface area contributed by atoms with Crippen molar-refractivity contribution in [1.29, 1.82) is 0 Å². The molecule has 18 heavy (non-hydrogen) atoms. The van der Waals surface area contributed by atoms with Gasteiger partial charge < -0.3 is 9.64 Å². The molecule has 0 aliphatic carbocycles. The molecule has 1 atom stereocenters. The highest BCUT2D eigenvalue weighted by Gasteiger charge is 2.19. The van der Waals surface area contributed by atoms with E-state index >= 15 is 0 Å². The number of nitrogens with zero attached hydrogens (tertiary/aromatic N) is 1. The van der Waals surface area contributed by atoms with Crippen LogP contribution in [0.15, 0.2) is 24.3 Å². The van der Waals surface area contributed by atoms with Crippen molar-refractivity contribution in [2.45, 2.75) is 12.8 Å². The van der Waals surface area contributed by atoms with E-state index < -0.39 is 0 Å². The van der Waals surface area contributed by atoms with Crippen LogP contribution in [0.4, 0.5) is 0 Å². The molecule has 1 aromatic rings. The molecular formula is C14H18INO2. The molecule has 0 radical (unpaired) electrons. The number of benzene rings is 1. The summed E-state index contributed by atoms with van der Waals surface area (Å²) >= 11 is 2.24. The molecule has 1 saturated heterocycles. The molecule has 1 aliphatic rings. The molecule has 1 amide bonds. The molecule has 0 N–H and O–H groups in total. The SMILES string of the molecule is CN(CC1CCCOC1)C(=O)c1ccc(I)cc1. The van der Waals surface area contributed by atoms with Gasteiger partial charge in [-0.1, -0.05) is 0 Å². The minimum Gasteiger partial charge on any atom is -0.381 e. The molecule has 0 saturated carbocycles. The summed E-state index contributed by atoms with van der Waals surface area (Å²) in [5.41, 5.74) is 0.759. The van der Waals surface area contributed by atoms with Gasteiger partial charge in [0.25, 0.3) is 5.91 Å². The van der Waals surface area contributed by atoms with Crippen LogP contribution in [0.3, 0.4) is 0 Å². The van der Waals surface area contributed by atoms with E-state index in [1.807, 2.05) is 36.2 Å². The van der Waals surface area contributed by atoms with Crippen LogP contribution in [0.2, 0.25) is 0 Å². The molecule has 1 heterocycles. The predicted molar refractivity (Wildman–Crippen MR) is 79.7 cm³/mol. The third-order valence-corrected chi connectivity index (χ3v) is 3.94. The number of ether oxygens (including phenoxy) is 1. The molecule has 3 nitrogen and oxygen atoms in total. The molecule has 1 unspecified atom stereocenters. The van der Waals surface area contributed by atoms with Gasteiger partial charge in [0.1, 0.15) is 0 Å². The molecule has 1 aromatic carbocycles. The average Bonchev–Trinajstić information content (AvgIpc) is 2.40. The second kappa shape index (κ2) is 6.52. The number of carbonyl (C=O) groups is 1. The van der Waals surface area contributed by atoms with E-state index in [9.17, 15) is 4.79 Å². The Labute approximate surface area is 122 Å². The summed E-state index contributed by atoms with van der Waals surface area (Å²) in [6.07, 6.45) is 2.26. The fourth-order valence-electron chi connectivity index (χ4n) is 2.23. The molecule has 2 rings (SSSR count). The Kier molecular flexibility index (Phi) is 5.00. The largest absolute Gasteiger partial charge is 0.381 e. The lowest BCUT2D eigenvalue weighted by atomic mass is 10.0. The Morgan fingerprint density at radius 3 is 2.78 bits per heavy atom. The standard InChI is InChI=1S/C14H18INO2/c1-16(9-11-3-2-8-18-10-11)14(17)12-4-6-13(15)7-5-12/h4-7,11H,2-3,8-10H2,1H3. The van der Waals surface area contributed by atoms with Crippen molar-refractivity contribution in [3.63, 3.8) is 0 Å². The first-order valence-electron chi connectivity index (χ1n) is 6.25. The Hall–Kier alpha value is -0.620. The topological polar surface area (TPSA) is 29.5 Å². The number of hydrogen-bond acceptors (Lipinski definition) is 2. The van der Waals surface area contributed by atoms with E-state index in [-0.39, 0.29) is 5.91 Å². The van der Waals surface area contributed by atoms with Crippen LogP contribution in [-0.2, 0) is 4.74 Å². The van der Waals surface area contributed by atoms with Gasteiger partial charge in [0.2, 0.25) is 0 Å². The first-order chi connectivity index (χ1) is 8.66. The highest BCUT2D eigenvalue weighted by atomic mass is 127. The maximum absolute atomic E-state index is 12.2. The van der Waals surface area contributed by atoms with Crippen molar-refractivity contribution >= 4 is 28.5 Å². The van der Waals surface area contributed by atoms with E-state index in [1.54, 1.807) is 0 Å². The molecule has 1 fully saturated rings. The lowest BCUT2D eigenvalue weighted by Gasteiger charge is -2.27.